The van der Waals surface area contributed by atoms with Crippen molar-refractivity contribution in [2.75, 3.05) is 19.8 Å². The number of fused-ring (bicyclic) bond motifs is 3. The Morgan fingerprint density at radius 1 is 0.529 bits per heavy atom. The van der Waals surface area contributed by atoms with Gasteiger partial charge >= 0.3 is 11.9 Å². The van der Waals surface area contributed by atoms with Crippen molar-refractivity contribution in [3.63, 3.8) is 0 Å². The fourth-order valence-electron chi connectivity index (χ4n) is 6.56. The molecular weight excluding hydrogens is 636 g/mol. The Kier molecular flexibility index (Phi) is 10.1. The summed E-state index contributed by atoms with van der Waals surface area (Å²) in [7, 11) is 0. The SMILES string of the molecule is CC(C)(C)CCOc1ccc(C2(c3ccc(OCCOC(=O)c4ccc(C(=O)OC(C)(C)C)cc4)cc3)c3ccccc3-c3ccccc32)cc1. The molecule has 0 saturated heterocycles. The van der Waals surface area contributed by atoms with Crippen LogP contribution in [0, 0.1) is 5.41 Å². The van der Waals surface area contributed by atoms with Gasteiger partial charge in [0.2, 0.25) is 0 Å². The molecule has 51 heavy (non-hydrogen) atoms. The average Bonchev–Trinajstić information content (AvgIpc) is 3.40. The highest BCUT2D eigenvalue weighted by molar-refractivity contribution is 5.93. The lowest BCUT2D eigenvalue weighted by Crippen LogP contribution is -2.28. The van der Waals surface area contributed by atoms with Crippen LogP contribution < -0.4 is 9.47 Å². The van der Waals surface area contributed by atoms with E-state index in [-0.39, 0.29) is 18.6 Å². The van der Waals surface area contributed by atoms with E-state index in [1.165, 1.54) is 22.3 Å². The van der Waals surface area contributed by atoms with Gasteiger partial charge in [-0.25, -0.2) is 9.59 Å². The highest BCUT2D eigenvalue weighted by atomic mass is 16.6. The summed E-state index contributed by atoms with van der Waals surface area (Å²) in [4.78, 5) is 24.9. The zero-order valence-corrected chi connectivity index (χ0v) is 30.3. The van der Waals surface area contributed by atoms with E-state index in [9.17, 15) is 9.59 Å². The van der Waals surface area contributed by atoms with Gasteiger partial charge in [-0.2, -0.15) is 0 Å². The first-order chi connectivity index (χ1) is 24.3. The highest BCUT2D eigenvalue weighted by Gasteiger charge is 2.45. The Labute approximate surface area is 301 Å². The van der Waals surface area contributed by atoms with E-state index in [4.69, 9.17) is 18.9 Å². The molecular formula is C45H46O6. The molecule has 0 amide bonds. The van der Waals surface area contributed by atoms with Crippen molar-refractivity contribution in [2.45, 2.75) is 59.0 Å². The Bertz CT molecular complexity index is 1930. The van der Waals surface area contributed by atoms with Crippen molar-refractivity contribution in [1.82, 2.24) is 0 Å². The maximum absolute atomic E-state index is 12.6. The Morgan fingerprint density at radius 3 is 1.45 bits per heavy atom. The molecule has 0 fully saturated rings. The number of carbonyl (C=O) groups is 2. The summed E-state index contributed by atoms with van der Waals surface area (Å²) in [6, 6.07) is 40.3. The van der Waals surface area contributed by atoms with E-state index >= 15 is 0 Å². The predicted molar refractivity (Wildman–Crippen MR) is 201 cm³/mol. The van der Waals surface area contributed by atoms with Gasteiger partial charge in [0.25, 0.3) is 0 Å². The second kappa shape index (κ2) is 14.5. The highest BCUT2D eigenvalue weighted by Crippen LogP contribution is 2.56. The van der Waals surface area contributed by atoms with Gasteiger partial charge in [-0.1, -0.05) is 93.6 Å². The molecule has 5 aromatic carbocycles. The molecule has 262 valence electrons. The van der Waals surface area contributed by atoms with Gasteiger partial charge in [0.05, 0.1) is 23.1 Å². The van der Waals surface area contributed by atoms with Crippen LogP contribution in [0.5, 0.6) is 11.5 Å². The Morgan fingerprint density at radius 2 is 0.980 bits per heavy atom. The van der Waals surface area contributed by atoms with Crippen LogP contribution in [0.15, 0.2) is 121 Å². The fourth-order valence-corrected chi connectivity index (χ4v) is 6.56. The summed E-state index contributed by atoms with van der Waals surface area (Å²) < 4.78 is 23.0. The van der Waals surface area contributed by atoms with Crippen molar-refractivity contribution in [2.24, 2.45) is 5.41 Å². The lowest BCUT2D eigenvalue weighted by Gasteiger charge is -2.34. The van der Waals surface area contributed by atoms with Crippen molar-refractivity contribution < 1.29 is 28.5 Å². The molecule has 6 heteroatoms. The summed E-state index contributed by atoms with van der Waals surface area (Å²) >= 11 is 0. The third kappa shape index (κ3) is 7.86. The van der Waals surface area contributed by atoms with Crippen LogP contribution in [0.1, 0.15) is 90.9 Å². The molecule has 1 aliphatic carbocycles. The maximum Gasteiger partial charge on any atom is 0.338 e. The quantitative estimate of drug-likeness (QED) is 0.100. The van der Waals surface area contributed by atoms with E-state index < -0.39 is 23.0 Å². The summed E-state index contributed by atoms with van der Waals surface area (Å²) in [5.74, 6) is 0.605. The van der Waals surface area contributed by atoms with Crippen molar-refractivity contribution in [3.05, 3.63) is 155 Å². The molecule has 0 radical (unpaired) electrons. The number of benzene rings is 5. The smallest absolute Gasteiger partial charge is 0.338 e. The number of rotatable bonds is 11. The van der Waals surface area contributed by atoms with Gasteiger partial charge in [-0.05, 0) is 115 Å². The second-order valence-electron chi connectivity index (χ2n) is 15.1. The van der Waals surface area contributed by atoms with Crippen LogP contribution in [0.3, 0.4) is 0 Å². The minimum absolute atomic E-state index is 0.0727. The molecule has 6 nitrogen and oxygen atoms in total. The van der Waals surface area contributed by atoms with Gasteiger partial charge in [-0.15, -0.1) is 0 Å². The molecule has 0 N–H and O–H groups in total. The van der Waals surface area contributed by atoms with Crippen LogP contribution in [-0.2, 0) is 14.9 Å². The molecule has 0 atom stereocenters. The van der Waals surface area contributed by atoms with Gasteiger partial charge in [0.15, 0.2) is 0 Å². The van der Waals surface area contributed by atoms with E-state index in [2.05, 4.69) is 106 Å². The van der Waals surface area contributed by atoms with E-state index in [0.29, 0.717) is 23.5 Å². The number of hydrogen-bond acceptors (Lipinski definition) is 6. The predicted octanol–water partition coefficient (Wildman–Crippen LogP) is 10.1. The van der Waals surface area contributed by atoms with Crippen LogP contribution >= 0.6 is 0 Å². The van der Waals surface area contributed by atoms with Crippen LogP contribution in [-0.4, -0.2) is 37.4 Å². The first-order valence-corrected chi connectivity index (χ1v) is 17.5. The maximum atomic E-state index is 12.6. The van der Waals surface area contributed by atoms with E-state index in [1.54, 1.807) is 24.3 Å². The molecule has 0 bridgehead atoms. The molecule has 0 heterocycles. The third-order valence-electron chi connectivity index (χ3n) is 8.99. The molecule has 0 spiro atoms. The number of hydrogen-bond donors (Lipinski definition) is 0. The molecule has 0 unspecified atom stereocenters. The number of carbonyl (C=O) groups excluding carboxylic acids is 2. The zero-order chi connectivity index (χ0) is 36.2. The first-order valence-electron chi connectivity index (χ1n) is 17.5. The van der Waals surface area contributed by atoms with Crippen LogP contribution in [0.2, 0.25) is 0 Å². The lowest BCUT2D eigenvalue weighted by atomic mass is 9.68. The van der Waals surface area contributed by atoms with Gasteiger partial charge in [0, 0.05) is 0 Å². The van der Waals surface area contributed by atoms with Crippen molar-refractivity contribution >= 4 is 11.9 Å². The third-order valence-corrected chi connectivity index (χ3v) is 8.99. The molecule has 0 aliphatic heterocycles. The average molecular weight is 683 g/mol. The van der Waals surface area contributed by atoms with E-state index in [0.717, 1.165) is 23.3 Å². The summed E-state index contributed by atoms with van der Waals surface area (Å²) in [6.45, 7) is 13.0. The summed E-state index contributed by atoms with van der Waals surface area (Å²) in [6.07, 6.45) is 0.974. The molecule has 0 saturated carbocycles. The van der Waals surface area contributed by atoms with Crippen molar-refractivity contribution in [3.8, 4) is 22.6 Å². The molecule has 0 aromatic heterocycles. The minimum Gasteiger partial charge on any atom is -0.494 e. The monoisotopic (exact) mass is 682 g/mol. The van der Waals surface area contributed by atoms with Gasteiger partial charge in [0.1, 0.15) is 30.3 Å². The zero-order valence-electron chi connectivity index (χ0n) is 30.3. The van der Waals surface area contributed by atoms with Crippen molar-refractivity contribution in [1.29, 1.82) is 0 Å². The topological polar surface area (TPSA) is 71.1 Å². The Balaban J connectivity index is 1.17. The Hall–Kier alpha value is -5.36. The molecule has 1 aliphatic rings. The largest absolute Gasteiger partial charge is 0.494 e. The normalized spacial score (nSPS) is 13.1. The van der Waals surface area contributed by atoms with Crippen LogP contribution in [0.4, 0.5) is 0 Å². The molecule has 6 rings (SSSR count). The summed E-state index contributed by atoms with van der Waals surface area (Å²) in [5.41, 5.74) is 6.97. The van der Waals surface area contributed by atoms with Gasteiger partial charge < -0.3 is 18.9 Å². The van der Waals surface area contributed by atoms with Gasteiger partial charge in [-0.3, -0.25) is 0 Å². The van der Waals surface area contributed by atoms with E-state index in [1.807, 2.05) is 32.9 Å². The molecule has 5 aromatic rings. The fraction of sp³-hybridized carbons (Fsp3) is 0.289. The number of esters is 2. The standard InChI is InChI=1S/C45H46O6/c1-43(2,3)27-28-48-35-23-19-33(20-24-35)45(39-13-9-7-11-37(39)38-12-8-10-14-40(38)45)34-21-25-36(26-22-34)49-29-30-50-41(46)31-15-17-32(18-16-31)42(47)51-44(4,5)6/h7-26H,27-30H2,1-6H3. The minimum atomic E-state index is -0.600. The first kappa shape index (κ1) is 35.5. The number of ether oxygens (including phenoxy) is 4. The summed E-state index contributed by atoms with van der Waals surface area (Å²) in [5, 5.41) is 0. The van der Waals surface area contributed by atoms with Crippen LogP contribution in [0.25, 0.3) is 11.1 Å². The lowest BCUT2D eigenvalue weighted by molar-refractivity contribution is 0.00689. The second-order valence-corrected chi connectivity index (χ2v) is 15.1.